The van der Waals surface area contributed by atoms with Crippen LogP contribution in [-0.2, 0) is 6.54 Å². The summed E-state index contributed by atoms with van der Waals surface area (Å²) in [6.45, 7) is 4.88. The number of benzene rings is 2. The van der Waals surface area contributed by atoms with Crippen molar-refractivity contribution in [1.82, 2.24) is 5.32 Å². The van der Waals surface area contributed by atoms with Gasteiger partial charge in [0.05, 0.1) is 0 Å². The number of aryl methyl sites for hydroxylation is 1. The molecule has 18 heavy (non-hydrogen) atoms. The fourth-order valence-corrected chi connectivity index (χ4v) is 1.98. The number of hydrogen-bond donors (Lipinski definition) is 1. The molecule has 0 aliphatic carbocycles. The molecular weight excluding hydrogens is 225 g/mol. The molecule has 2 aromatic carbocycles. The van der Waals surface area contributed by atoms with E-state index >= 15 is 0 Å². The molecule has 0 unspecified atom stereocenters. The molecule has 1 atom stereocenters. The predicted octanol–water partition coefficient (Wildman–Crippen LogP) is 3.98. The van der Waals surface area contributed by atoms with Crippen molar-refractivity contribution in [3.8, 4) is 0 Å². The molecule has 1 N–H and O–H groups in total. The van der Waals surface area contributed by atoms with E-state index in [1.165, 1.54) is 17.2 Å². The van der Waals surface area contributed by atoms with Crippen molar-refractivity contribution < 1.29 is 4.39 Å². The standard InChI is InChI=1S/C16H18FN/c1-12-5-3-7-15(9-12)13(2)18-11-14-6-4-8-16(17)10-14/h3-10,13,18H,11H2,1-2H3/t13-/m1/s1. The van der Waals surface area contributed by atoms with Gasteiger partial charge in [-0.15, -0.1) is 0 Å². The molecule has 0 bridgehead atoms. The van der Waals surface area contributed by atoms with Crippen molar-refractivity contribution in [3.63, 3.8) is 0 Å². The summed E-state index contributed by atoms with van der Waals surface area (Å²) in [5, 5.41) is 3.40. The molecule has 0 saturated carbocycles. The molecule has 0 radical (unpaired) electrons. The number of hydrogen-bond acceptors (Lipinski definition) is 1. The van der Waals surface area contributed by atoms with Crippen LogP contribution in [0.2, 0.25) is 0 Å². The zero-order valence-electron chi connectivity index (χ0n) is 10.8. The number of halogens is 1. The van der Waals surface area contributed by atoms with E-state index in [0.29, 0.717) is 6.54 Å². The molecular formula is C16H18FN. The van der Waals surface area contributed by atoms with E-state index in [2.05, 4.69) is 43.4 Å². The van der Waals surface area contributed by atoms with Crippen LogP contribution in [0.1, 0.15) is 29.7 Å². The van der Waals surface area contributed by atoms with Crippen molar-refractivity contribution in [2.45, 2.75) is 26.4 Å². The average molecular weight is 243 g/mol. The summed E-state index contributed by atoms with van der Waals surface area (Å²) < 4.78 is 13.0. The maximum Gasteiger partial charge on any atom is 0.123 e. The van der Waals surface area contributed by atoms with Gasteiger partial charge in [0.2, 0.25) is 0 Å². The SMILES string of the molecule is Cc1cccc([C@@H](C)NCc2cccc(F)c2)c1. The Morgan fingerprint density at radius 2 is 1.89 bits per heavy atom. The van der Waals surface area contributed by atoms with Gasteiger partial charge in [-0.1, -0.05) is 42.0 Å². The Hall–Kier alpha value is -1.67. The van der Waals surface area contributed by atoms with E-state index < -0.39 is 0 Å². The summed E-state index contributed by atoms with van der Waals surface area (Å²) in [5.41, 5.74) is 3.48. The Labute approximate surface area is 108 Å². The third-order valence-electron chi connectivity index (χ3n) is 3.04. The lowest BCUT2D eigenvalue weighted by atomic mass is 10.1. The Morgan fingerprint density at radius 1 is 1.11 bits per heavy atom. The summed E-state index contributed by atoms with van der Waals surface area (Å²) in [4.78, 5) is 0. The van der Waals surface area contributed by atoms with Crippen LogP contribution in [0.25, 0.3) is 0 Å². The molecule has 0 amide bonds. The second-order valence-corrected chi connectivity index (χ2v) is 4.65. The molecule has 0 aliphatic heterocycles. The molecule has 1 nitrogen and oxygen atoms in total. The van der Waals surface area contributed by atoms with Crippen LogP contribution in [0.4, 0.5) is 4.39 Å². The van der Waals surface area contributed by atoms with Gasteiger partial charge in [0.25, 0.3) is 0 Å². The van der Waals surface area contributed by atoms with Gasteiger partial charge in [0.1, 0.15) is 5.82 Å². The zero-order chi connectivity index (χ0) is 13.0. The second kappa shape index (κ2) is 5.78. The highest BCUT2D eigenvalue weighted by Gasteiger charge is 2.04. The van der Waals surface area contributed by atoms with Crippen LogP contribution >= 0.6 is 0 Å². The molecule has 2 aromatic rings. The van der Waals surface area contributed by atoms with Gasteiger partial charge >= 0.3 is 0 Å². The van der Waals surface area contributed by atoms with Gasteiger partial charge in [-0.05, 0) is 37.1 Å². The van der Waals surface area contributed by atoms with Crippen LogP contribution in [-0.4, -0.2) is 0 Å². The lowest BCUT2D eigenvalue weighted by Crippen LogP contribution is -2.18. The summed E-state index contributed by atoms with van der Waals surface area (Å²) >= 11 is 0. The number of nitrogens with one attached hydrogen (secondary N) is 1. The van der Waals surface area contributed by atoms with Gasteiger partial charge in [0, 0.05) is 12.6 Å². The van der Waals surface area contributed by atoms with Crippen LogP contribution in [0.3, 0.4) is 0 Å². The fourth-order valence-electron chi connectivity index (χ4n) is 1.98. The van der Waals surface area contributed by atoms with Crippen LogP contribution in [0.5, 0.6) is 0 Å². The van der Waals surface area contributed by atoms with Gasteiger partial charge in [0.15, 0.2) is 0 Å². The van der Waals surface area contributed by atoms with E-state index in [1.54, 1.807) is 12.1 Å². The smallest absolute Gasteiger partial charge is 0.123 e. The normalized spacial score (nSPS) is 12.4. The van der Waals surface area contributed by atoms with Crippen LogP contribution < -0.4 is 5.32 Å². The molecule has 2 rings (SSSR count). The molecule has 2 heteroatoms. The van der Waals surface area contributed by atoms with E-state index in [0.717, 1.165) is 5.56 Å². The molecule has 0 saturated heterocycles. The minimum absolute atomic E-state index is 0.183. The minimum Gasteiger partial charge on any atom is -0.306 e. The molecule has 0 aliphatic rings. The lowest BCUT2D eigenvalue weighted by molar-refractivity contribution is 0.569. The first kappa shape index (κ1) is 12.8. The first-order valence-corrected chi connectivity index (χ1v) is 6.19. The largest absolute Gasteiger partial charge is 0.306 e. The molecule has 0 spiro atoms. The van der Waals surface area contributed by atoms with Crippen LogP contribution in [0.15, 0.2) is 48.5 Å². The van der Waals surface area contributed by atoms with E-state index in [4.69, 9.17) is 0 Å². The van der Waals surface area contributed by atoms with Crippen molar-refractivity contribution >= 4 is 0 Å². The highest BCUT2D eigenvalue weighted by Crippen LogP contribution is 2.14. The van der Waals surface area contributed by atoms with Gasteiger partial charge in [-0.3, -0.25) is 0 Å². The predicted molar refractivity (Wildman–Crippen MR) is 72.8 cm³/mol. The van der Waals surface area contributed by atoms with E-state index in [9.17, 15) is 4.39 Å². The molecule has 94 valence electrons. The van der Waals surface area contributed by atoms with Gasteiger partial charge < -0.3 is 5.32 Å². The summed E-state index contributed by atoms with van der Waals surface area (Å²) in [7, 11) is 0. The third-order valence-corrected chi connectivity index (χ3v) is 3.04. The maximum atomic E-state index is 13.0. The monoisotopic (exact) mass is 243 g/mol. The minimum atomic E-state index is -0.183. The van der Waals surface area contributed by atoms with Crippen molar-refractivity contribution in [2.24, 2.45) is 0 Å². The Bertz CT molecular complexity index is 522. The number of rotatable bonds is 4. The molecule has 0 heterocycles. The van der Waals surface area contributed by atoms with Crippen molar-refractivity contribution in [3.05, 3.63) is 71.0 Å². The van der Waals surface area contributed by atoms with Gasteiger partial charge in [-0.2, -0.15) is 0 Å². The van der Waals surface area contributed by atoms with E-state index in [1.807, 2.05) is 6.07 Å². The highest BCUT2D eigenvalue weighted by atomic mass is 19.1. The van der Waals surface area contributed by atoms with Crippen molar-refractivity contribution in [2.75, 3.05) is 0 Å². The zero-order valence-corrected chi connectivity index (χ0v) is 10.8. The molecule has 0 fully saturated rings. The maximum absolute atomic E-state index is 13.0. The summed E-state index contributed by atoms with van der Waals surface area (Å²) in [5.74, 6) is -0.183. The topological polar surface area (TPSA) is 12.0 Å². The quantitative estimate of drug-likeness (QED) is 0.856. The van der Waals surface area contributed by atoms with E-state index in [-0.39, 0.29) is 11.9 Å². The summed E-state index contributed by atoms with van der Waals surface area (Å²) in [6, 6.07) is 15.4. The van der Waals surface area contributed by atoms with Crippen molar-refractivity contribution in [1.29, 1.82) is 0 Å². The second-order valence-electron chi connectivity index (χ2n) is 4.65. The lowest BCUT2D eigenvalue weighted by Gasteiger charge is -2.15. The average Bonchev–Trinajstić information content (AvgIpc) is 2.36. The summed E-state index contributed by atoms with van der Waals surface area (Å²) in [6.07, 6.45) is 0. The Morgan fingerprint density at radius 3 is 2.61 bits per heavy atom. The Balaban J connectivity index is 1.98. The first-order chi connectivity index (χ1) is 8.65. The van der Waals surface area contributed by atoms with Gasteiger partial charge in [-0.25, -0.2) is 4.39 Å². The Kier molecular flexibility index (Phi) is 4.11. The first-order valence-electron chi connectivity index (χ1n) is 6.19. The third kappa shape index (κ3) is 3.41. The fraction of sp³-hybridized carbons (Fsp3) is 0.250. The highest BCUT2D eigenvalue weighted by molar-refractivity contribution is 5.25. The molecule has 0 aromatic heterocycles. The van der Waals surface area contributed by atoms with Crippen LogP contribution in [0, 0.1) is 12.7 Å².